The smallest absolute Gasteiger partial charge is 0.230 e. The van der Waals surface area contributed by atoms with Crippen LogP contribution in [0.2, 0.25) is 0 Å². The molecule has 0 aliphatic heterocycles. The lowest BCUT2D eigenvalue weighted by Gasteiger charge is -2.12. The van der Waals surface area contributed by atoms with E-state index in [1.807, 2.05) is 7.05 Å². The number of fused-ring (bicyclic) bond motifs is 1. The number of thiocarbonyl (C=S) groups is 1. The number of benzene rings is 1. The lowest BCUT2D eigenvalue weighted by molar-refractivity contribution is -0.118. The number of carbonyl (C=O) groups is 2. The van der Waals surface area contributed by atoms with E-state index in [2.05, 4.69) is 34.1 Å². The van der Waals surface area contributed by atoms with Gasteiger partial charge in [0.15, 0.2) is 23.0 Å². The topological polar surface area (TPSA) is 118 Å². The van der Waals surface area contributed by atoms with Crippen LogP contribution in [0.15, 0.2) is 73.5 Å². The number of pyridine rings is 1. The Balaban J connectivity index is 0.000000877. The Morgan fingerprint density at radius 1 is 1.27 bits per heavy atom. The van der Waals surface area contributed by atoms with Gasteiger partial charge in [-0.15, -0.1) is 11.3 Å². The summed E-state index contributed by atoms with van der Waals surface area (Å²) in [5.41, 5.74) is 6.69. The van der Waals surface area contributed by atoms with Crippen molar-refractivity contribution in [2.24, 2.45) is 5.73 Å². The Kier molecular flexibility index (Phi) is 12.2. The van der Waals surface area contributed by atoms with Gasteiger partial charge in [0, 0.05) is 37.1 Å². The third-order valence-corrected chi connectivity index (χ3v) is 5.80. The lowest BCUT2D eigenvalue weighted by Crippen LogP contribution is -2.34. The molecule has 0 aliphatic carbocycles. The van der Waals surface area contributed by atoms with Gasteiger partial charge in [-0.25, -0.2) is 4.39 Å². The van der Waals surface area contributed by atoms with Crippen LogP contribution in [0.1, 0.15) is 16.1 Å². The van der Waals surface area contributed by atoms with E-state index in [9.17, 15) is 14.0 Å². The molecule has 3 rings (SSSR count). The molecule has 8 nitrogen and oxygen atoms in total. The first kappa shape index (κ1) is 29.5. The van der Waals surface area contributed by atoms with Crippen LogP contribution >= 0.6 is 23.6 Å². The molecule has 1 aromatic carbocycles. The second-order valence-electron chi connectivity index (χ2n) is 7.29. The fourth-order valence-electron chi connectivity index (χ4n) is 2.86. The maximum absolute atomic E-state index is 14.6. The van der Waals surface area contributed by atoms with E-state index in [-0.39, 0.29) is 23.2 Å². The number of nitrogens with one attached hydrogen (secondary N) is 3. The summed E-state index contributed by atoms with van der Waals surface area (Å²) in [5.74, 6) is -0.599. The van der Waals surface area contributed by atoms with Crippen LogP contribution in [0, 0.1) is 5.82 Å². The van der Waals surface area contributed by atoms with Gasteiger partial charge in [0.2, 0.25) is 5.91 Å². The van der Waals surface area contributed by atoms with Gasteiger partial charge in [-0.05, 0) is 43.0 Å². The number of ether oxygens (including phenoxy) is 1. The van der Waals surface area contributed by atoms with Gasteiger partial charge < -0.3 is 26.4 Å². The zero-order valence-electron chi connectivity index (χ0n) is 20.3. The molecule has 0 unspecified atom stereocenters. The van der Waals surface area contributed by atoms with E-state index in [1.165, 1.54) is 29.7 Å². The zero-order valence-corrected chi connectivity index (χ0v) is 21.9. The van der Waals surface area contributed by atoms with Crippen molar-refractivity contribution in [2.45, 2.75) is 6.42 Å². The fraction of sp³-hybridized carbons (Fsp3) is 0.154. The second kappa shape index (κ2) is 15.4. The van der Waals surface area contributed by atoms with E-state index in [4.69, 9.17) is 22.7 Å². The summed E-state index contributed by atoms with van der Waals surface area (Å²) in [6.45, 7) is 8.86. The summed E-state index contributed by atoms with van der Waals surface area (Å²) >= 11 is 6.33. The number of carbonyl (C=O) groups excluding carboxylic acids is 2. The van der Waals surface area contributed by atoms with Gasteiger partial charge in [0.05, 0.1) is 21.5 Å². The molecule has 2 aromatic heterocycles. The van der Waals surface area contributed by atoms with Gasteiger partial charge in [-0.2, -0.15) is 0 Å². The van der Waals surface area contributed by atoms with Crippen molar-refractivity contribution in [2.75, 3.05) is 25.5 Å². The number of aromatic nitrogens is 1. The molecule has 0 fully saturated rings. The average molecular weight is 542 g/mol. The number of hydrogen-bond acceptors (Lipinski definition) is 8. The Morgan fingerprint density at radius 2 is 2.05 bits per heavy atom. The second-order valence-corrected chi connectivity index (χ2v) is 8.78. The van der Waals surface area contributed by atoms with E-state index in [0.717, 1.165) is 19.4 Å². The number of hydrogen-bond donors (Lipinski definition) is 4. The molecule has 0 saturated carbocycles. The van der Waals surface area contributed by atoms with Gasteiger partial charge in [0.1, 0.15) is 5.75 Å². The number of amides is 1. The summed E-state index contributed by atoms with van der Waals surface area (Å²) in [7, 11) is 1.88. The van der Waals surface area contributed by atoms with Crippen LogP contribution in [0.5, 0.6) is 11.5 Å². The molecular formula is C26H28FN5O3S2. The Bertz CT molecular complexity index is 1300. The summed E-state index contributed by atoms with van der Waals surface area (Å²) in [4.78, 5) is 27.8. The number of thiophene rings is 1. The Morgan fingerprint density at radius 3 is 2.65 bits per heavy atom. The van der Waals surface area contributed by atoms with Crippen molar-refractivity contribution in [1.29, 1.82) is 0 Å². The number of nitrogens with zero attached hydrogens (tertiary/aromatic N) is 1. The monoisotopic (exact) mass is 541 g/mol. The summed E-state index contributed by atoms with van der Waals surface area (Å²) < 4.78 is 21.0. The SMILES string of the molecule is C=C/C=C(\C=C)CC(=O)NC(=S)Nc1ccc(Oc2ccnc3cc(C=O)sc23)c(F)c1.CNCCN. The van der Waals surface area contributed by atoms with E-state index in [1.54, 1.807) is 36.4 Å². The molecule has 0 atom stereocenters. The molecule has 2 heterocycles. The van der Waals surface area contributed by atoms with Crippen molar-refractivity contribution in [1.82, 2.24) is 15.6 Å². The number of likely N-dealkylation sites (N-methyl/N-ethyl adjacent to an activating group) is 1. The van der Waals surface area contributed by atoms with Crippen LogP contribution in [0.25, 0.3) is 10.2 Å². The first-order valence-corrected chi connectivity index (χ1v) is 12.3. The highest BCUT2D eigenvalue weighted by Crippen LogP contribution is 2.35. The summed E-state index contributed by atoms with van der Waals surface area (Å²) in [6.07, 6.45) is 7.11. The molecule has 5 N–H and O–H groups in total. The zero-order chi connectivity index (χ0) is 27.2. The largest absolute Gasteiger partial charge is 0.453 e. The lowest BCUT2D eigenvalue weighted by atomic mass is 10.1. The van der Waals surface area contributed by atoms with E-state index >= 15 is 0 Å². The molecule has 37 heavy (non-hydrogen) atoms. The minimum Gasteiger partial charge on any atom is -0.453 e. The number of halogens is 1. The predicted molar refractivity (Wildman–Crippen MR) is 152 cm³/mol. The number of nitrogens with two attached hydrogens (primary N) is 1. The molecule has 0 aliphatic rings. The highest BCUT2D eigenvalue weighted by Gasteiger charge is 2.13. The molecule has 3 aromatic rings. The Labute approximate surface area is 224 Å². The van der Waals surface area contributed by atoms with Gasteiger partial charge in [0.25, 0.3) is 0 Å². The van der Waals surface area contributed by atoms with Gasteiger partial charge in [-0.1, -0.05) is 31.4 Å². The highest BCUT2D eigenvalue weighted by molar-refractivity contribution is 7.80. The summed E-state index contributed by atoms with van der Waals surface area (Å²) in [5, 5.41) is 8.21. The number of aldehydes is 1. The van der Waals surface area contributed by atoms with Crippen molar-refractivity contribution >= 4 is 56.8 Å². The van der Waals surface area contributed by atoms with Gasteiger partial charge in [-0.3, -0.25) is 14.6 Å². The third kappa shape index (κ3) is 9.32. The number of allylic oxidation sites excluding steroid dienone is 3. The Hall–Kier alpha value is -3.77. The minimum absolute atomic E-state index is 0.00996. The van der Waals surface area contributed by atoms with Crippen LogP contribution in [-0.4, -0.2) is 42.4 Å². The third-order valence-electron chi connectivity index (χ3n) is 4.53. The molecule has 0 radical (unpaired) electrons. The predicted octanol–water partition coefficient (Wildman–Crippen LogP) is 4.71. The normalized spacial score (nSPS) is 10.6. The highest BCUT2D eigenvalue weighted by atomic mass is 32.1. The standard InChI is InChI=1S/C23H18FN3O3S2.C3H10N2/c1-3-5-14(4-2)10-21(29)27-23(31)26-15-6-7-19(17(24)11-15)30-20-8-9-25-18-12-16(13-28)32-22(18)20;1-5-3-2-4/h3-9,11-13H,1-2,10H2,(H2,26,27,29,31);5H,2-4H2,1H3/b14-5+;. The molecule has 0 spiro atoms. The maximum Gasteiger partial charge on any atom is 0.230 e. The van der Waals surface area contributed by atoms with Gasteiger partial charge >= 0.3 is 0 Å². The van der Waals surface area contributed by atoms with Crippen molar-refractivity contribution in [3.8, 4) is 11.5 Å². The quantitative estimate of drug-likeness (QED) is 0.166. The van der Waals surface area contributed by atoms with Crippen LogP contribution in [0.4, 0.5) is 10.1 Å². The number of rotatable bonds is 10. The van der Waals surface area contributed by atoms with Crippen molar-refractivity contribution in [3.63, 3.8) is 0 Å². The average Bonchev–Trinajstić information content (AvgIpc) is 3.30. The molecule has 0 saturated heterocycles. The molecule has 0 bridgehead atoms. The molecule has 11 heteroatoms. The van der Waals surface area contributed by atoms with E-state index < -0.39 is 5.82 Å². The minimum atomic E-state index is -0.635. The summed E-state index contributed by atoms with van der Waals surface area (Å²) in [6, 6.07) is 7.44. The van der Waals surface area contributed by atoms with Crippen LogP contribution < -0.4 is 26.4 Å². The van der Waals surface area contributed by atoms with Crippen LogP contribution in [-0.2, 0) is 4.79 Å². The fourth-order valence-corrected chi connectivity index (χ4v) is 3.98. The number of anilines is 1. The first-order chi connectivity index (χ1) is 17.8. The molecule has 1 amide bonds. The van der Waals surface area contributed by atoms with Crippen molar-refractivity contribution in [3.05, 3.63) is 84.2 Å². The van der Waals surface area contributed by atoms with Crippen molar-refractivity contribution < 1.29 is 18.7 Å². The first-order valence-electron chi connectivity index (χ1n) is 11.1. The van der Waals surface area contributed by atoms with E-state index in [0.29, 0.717) is 32.1 Å². The maximum atomic E-state index is 14.6. The molecule has 194 valence electrons. The molecular weight excluding hydrogens is 513 g/mol. The van der Waals surface area contributed by atoms with Crippen LogP contribution in [0.3, 0.4) is 0 Å².